The van der Waals surface area contributed by atoms with Gasteiger partial charge in [0.1, 0.15) is 5.75 Å². The van der Waals surface area contributed by atoms with Crippen LogP contribution in [0.25, 0.3) is 0 Å². The molecule has 1 N–H and O–H groups in total. The Morgan fingerprint density at radius 2 is 1.84 bits per heavy atom. The Hall–Kier alpha value is -1.62. The second kappa shape index (κ2) is 6.52. The van der Waals surface area contributed by atoms with Crippen molar-refractivity contribution in [3.63, 3.8) is 0 Å². The molecule has 5 heteroatoms. The maximum absolute atomic E-state index is 12.1. The van der Waals surface area contributed by atoms with Gasteiger partial charge in [-0.05, 0) is 29.8 Å². The second-order valence-electron chi connectivity index (χ2n) is 3.89. The van der Waals surface area contributed by atoms with Crippen molar-refractivity contribution < 1.29 is 13.5 Å². The topological polar surface area (TPSA) is 21.3 Å². The maximum atomic E-state index is 12.1. The molecular formula is C14H12BrF2NO. The highest BCUT2D eigenvalue weighted by atomic mass is 79.9. The Bertz CT molecular complexity index is 531. The quantitative estimate of drug-likeness (QED) is 0.862. The van der Waals surface area contributed by atoms with Gasteiger partial charge in [-0.25, -0.2) is 0 Å². The summed E-state index contributed by atoms with van der Waals surface area (Å²) in [5.74, 6) is 0.149. The monoisotopic (exact) mass is 327 g/mol. The summed E-state index contributed by atoms with van der Waals surface area (Å²) in [5, 5.41) is 3.15. The molecule has 0 aliphatic carbocycles. The van der Waals surface area contributed by atoms with Crippen molar-refractivity contribution in [3.8, 4) is 5.75 Å². The van der Waals surface area contributed by atoms with E-state index in [2.05, 4.69) is 26.0 Å². The van der Waals surface area contributed by atoms with E-state index in [1.165, 1.54) is 6.07 Å². The van der Waals surface area contributed by atoms with E-state index < -0.39 is 6.61 Å². The molecule has 2 rings (SSSR count). The van der Waals surface area contributed by atoms with Crippen LogP contribution in [-0.2, 0) is 6.54 Å². The van der Waals surface area contributed by atoms with E-state index in [9.17, 15) is 8.78 Å². The number of alkyl halides is 2. The van der Waals surface area contributed by atoms with Crippen LogP contribution in [0.5, 0.6) is 5.75 Å². The molecule has 0 aliphatic heterocycles. The predicted octanol–water partition coefficient (Wildman–Crippen LogP) is 4.66. The molecule has 0 saturated carbocycles. The van der Waals surface area contributed by atoms with Gasteiger partial charge in [-0.2, -0.15) is 8.78 Å². The Labute approximate surface area is 118 Å². The fourth-order valence-electron chi connectivity index (χ4n) is 1.59. The van der Waals surface area contributed by atoms with E-state index in [1.807, 2.05) is 24.3 Å². The van der Waals surface area contributed by atoms with Crippen molar-refractivity contribution >= 4 is 21.6 Å². The summed E-state index contributed by atoms with van der Waals surface area (Å²) < 4.78 is 29.5. The molecule has 19 heavy (non-hydrogen) atoms. The molecule has 0 fully saturated rings. The van der Waals surface area contributed by atoms with E-state index in [4.69, 9.17) is 0 Å². The highest BCUT2D eigenvalue weighted by molar-refractivity contribution is 9.10. The van der Waals surface area contributed by atoms with E-state index >= 15 is 0 Å². The molecule has 0 radical (unpaired) electrons. The van der Waals surface area contributed by atoms with E-state index in [0.29, 0.717) is 6.54 Å². The molecule has 0 aromatic heterocycles. The number of ether oxygens (including phenoxy) is 1. The van der Waals surface area contributed by atoms with Gasteiger partial charge in [0.25, 0.3) is 0 Å². The van der Waals surface area contributed by atoms with Crippen LogP contribution < -0.4 is 10.1 Å². The van der Waals surface area contributed by atoms with Gasteiger partial charge in [0.2, 0.25) is 0 Å². The zero-order chi connectivity index (χ0) is 13.7. The molecule has 0 bridgehead atoms. The Morgan fingerprint density at radius 1 is 1.11 bits per heavy atom. The number of hydrogen-bond acceptors (Lipinski definition) is 2. The van der Waals surface area contributed by atoms with Gasteiger partial charge in [0, 0.05) is 22.8 Å². The van der Waals surface area contributed by atoms with Crippen LogP contribution in [0.15, 0.2) is 53.0 Å². The van der Waals surface area contributed by atoms with Crippen molar-refractivity contribution in [2.24, 2.45) is 0 Å². The summed E-state index contributed by atoms with van der Waals surface area (Å²) in [4.78, 5) is 0. The van der Waals surface area contributed by atoms with Gasteiger partial charge in [0.05, 0.1) is 0 Å². The molecule has 0 unspecified atom stereocenters. The van der Waals surface area contributed by atoms with E-state index in [0.717, 1.165) is 15.7 Å². The largest absolute Gasteiger partial charge is 0.435 e. The molecule has 0 atom stereocenters. The lowest BCUT2D eigenvalue weighted by atomic mass is 10.2. The molecule has 2 nitrogen and oxygen atoms in total. The average molecular weight is 328 g/mol. The van der Waals surface area contributed by atoms with Gasteiger partial charge in [0.15, 0.2) is 0 Å². The normalized spacial score (nSPS) is 10.5. The lowest BCUT2D eigenvalue weighted by molar-refractivity contribution is -0.0498. The highest BCUT2D eigenvalue weighted by Crippen LogP contribution is 2.20. The summed E-state index contributed by atoms with van der Waals surface area (Å²) in [6, 6.07) is 14.4. The first kappa shape index (κ1) is 13.8. The molecule has 0 amide bonds. The lowest BCUT2D eigenvalue weighted by Gasteiger charge is -2.09. The highest BCUT2D eigenvalue weighted by Gasteiger charge is 2.04. The van der Waals surface area contributed by atoms with Gasteiger partial charge >= 0.3 is 6.61 Å². The van der Waals surface area contributed by atoms with Gasteiger partial charge in [-0.1, -0.05) is 34.1 Å². The van der Waals surface area contributed by atoms with Crippen molar-refractivity contribution in [3.05, 3.63) is 58.6 Å². The summed E-state index contributed by atoms with van der Waals surface area (Å²) in [7, 11) is 0. The summed E-state index contributed by atoms with van der Waals surface area (Å²) in [6.07, 6.45) is 0. The van der Waals surface area contributed by atoms with Gasteiger partial charge < -0.3 is 10.1 Å². The SMILES string of the molecule is FC(F)Oc1cccc(NCc2ccc(Br)cc2)c1. The summed E-state index contributed by atoms with van der Waals surface area (Å²) >= 11 is 3.37. The number of halogens is 3. The number of anilines is 1. The average Bonchev–Trinajstić information content (AvgIpc) is 2.38. The fraction of sp³-hybridized carbons (Fsp3) is 0.143. The minimum Gasteiger partial charge on any atom is -0.435 e. The molecule has 2 aromatic carbocycles. The van der Waals surface area contributed by atoms with Crippen molar-refractivity contribution in [1.29, 1.82) is 0 Å². The van der Waals surface area contributed by atoms with Crippen LogP contribution in [0.3, 0.4) is 0 Å². The molecular weight excluding hydrogens is 316 g/mol. The Morgan fingerprint density at radius 3 is 2.53 bits per heavy atom. The standard InChI is InChI=1S/C14H12BrF2NO/c15-11-6-4-10(5-7-11)9-18-12-2-1-3-13(8-12)19-14(16)17/h1-8,14,18H,9H2. The maximum Gasteiger partial charge on any atom is 0.387 e. The van der Waals surface area contributed by atoms with Gasteiger partial charge in [-0.3, -0.25) is 0 Å². The second-order valence-corrected chi connectivity index (χ2v) is 4.80. The Kier molecular flexibility index (Phi) is 4.74. The molecule has 100 valence electrons. The minimum atomic E-state index is -2.80. The van der Waals surface area contributed by atoms with Crippen LogP contribution in [0.1, 0.15) is 5.56 Å². The summed E-state index contributed by atoms with van der Waals surface area (Å²) in [5.41, 5.74) is 1.84. The van der Waals surface area contributed by atoms with Crippen LogP contribution in [0, 0.1) is 0 Å². The minimum absolute atomic E-state index is 0.149. The first-order valence-electron chi connectivity index (χ1n) is 5.67. The molecule has 0 heterocycles. The van der Waals surface area contributed by atoms with Crippen LogP contribution >= 0.6 is 15.9 Å². The molecule has 2 aromatic rings. The third kappa shape index (κ3) is 4.52. The fourth-order valence-corrected chi connectivity index (χ4v) is 1.85. The van der Waals surface area contributed by atoms with Crippen molar-refractivity contribution in [2.75, 3.05) is 5.32 Å². The lowest BCUT2D eigenvalue weighted by Crippen LogP contribution is -2.03. The third-order valence-electron chi connectivity index (χ3n) is 2.47. The van der Waals surface area contributed by atoms with Gasteiger partial charge in [-0.15, -0.1) is 0 Å². The zero-order valence-corrected chi connectivity index (χ0v) is 11.5. The number of nitrogens with one attached hydrogen (secondary N) is 1. The number of rotatable bonds is 5. The first-order valence-corrected chi connectivity index (χ1v) is 6.46. The van der Waals surface area contributed by atoms with Crippen LogP contribution in [0.4, 0.5) is 14.5 Å². The molecule has 0 spiro atoms. The van der Waals surface area contributed by atoms with Crippen LogP contribution in [0.2, 0.25) is 0 Å². The van der Waals surface area contributed by atoms with Crippen LogP contribution in [-0.4, -0.2) is 6.61 Å². The third-order valence-corrected chi connectivity index (χ3v) is 3.00. The molecule has 0 aliphatic rings. The predicted molar refractivity (Wildman–Crippen MR) is 74.5 cm³/mol. The van der Waals surface area contributed by atoms with Crippen molar-refractivity contribution in [1.82, 2.24) is 0 Å². The zero-order valence-electron chi connectivity index (χ0n) is 9.95. The summed E-state index contributed by atoms with van der Waals surface area (Å²) in [6.45, 7) is -2.19. The number of hydrogen-bond donors (Lipinski definition) is 1. The number of benzene rings is 2. The first-order chi connectivity index (χ1) is 9.13. The Balaban J connectivity index is 1.97. The molecule has 0 saturated heterocycles. The van der Waals surface area contributed by atoms with E-state index in [-0.39, 0.29) is 5.75 Å². The smallest absolute Gasteiger partial charge is 0.387 e. The van der Waals surface area contributed by atoms with Crippen molar-refractivity contribution in [2.45, 2.75) is 13.2 Å². The van der Waals surface area contributed by atoms with E-state index in [1.54, 1.807) is 18.2 Å².